The fraction of sp³-hybridized carbons (Fsp3) is 0.0667. The van der Waals surface area contributed by atoms with Crippen LogP contribution in [0.4, 0.5) is 4.39 Å². The highest BCUT2D eigenvalue weighted by atomic mass is 127. The van der Waals surface area contributed by atoms with Crippen molar-refractivity contribution >= 4 is 50.3 Å². The van der Waals surface area contributed by atoms with Gasteiger partial charge in [-0.3, -0.25) is 14.5 Å². The van der Waals surface area contributed by atoms with E-state index in [-0.39, 0.29) is 18.4 Å². The van der Waals surface area contributed by atoms with E-state index in [1.54, 1.807) is 30.3 Å². The Hall–Kier alpha value is -1.28. The Kier molecular flexibility index (Phi) is 3.83. The normalized spacial score (nSPS) is 13.8. The fourth-order valence-corrected chi connectivity index (χ4v) is 3.41. The first kappa shape index (κ1) is 14.6. The van der Waals surface area contributed by atoms with Crippen LogP contribution in [0.5, 0.6) is 0 Å². The van der Waals surface area contributed by atoms with Crippen molar-refractivity contribution < 1.29 is 14.0 Å². The predicted molar refractivity (Wildman–Crippen MR) is 87.5 cm³/mol. The second-order valence-electron chi connectivity index (χ2n) is 4.59. The van der Waals surface area contributed by atoms with Crippen LogP contribution in [0.3, 0.4) is 0 Å². The van der Waals surface area contributed by atoms with Gasteiger partial charge in [0.1, 0.15) is 5.82 Å². The van der Waals surface area contributed by atoms with E-state index >= 15 is 0 Å². The Morgan fingerprint density at radius 3 is 2.62 bits per heavy atom. The lowest BCUT2D eigenvalue weighted by molar-refractivity contribution is 0.0640. The number of carbonyl (C=O) groups is 2. The van der Waals surface area contributed by atoms with Crippen molar-refractivity contribution in [2.75, 3.05) is 0 Å². The minimum atomic E-state index is -0.440. The summed E-state index contributed by atoms with van der Waals surface area (Å²) in [4.78, 5) is 25.8. The minimum Gasteiger partial charge on any atom is -0.270 e. The van der Waals surface area contributed by atoms with Crippen molar-refractivity contribution in [1.29, 1.82) is 0 Å². The van der Waals surface area contributed by atoms with Crippen LogP contribution in [-0.2, 0) is 6.54 Å². The van der Waals surface area contributed by atoms with Gasteiger partial charge in [-0.05, 0) is 52.9 Å². The average molecular weight is 460 g/mol. The number of rotatable bonds is 2. The summed E-state index contributed by atoms with van der Waals surface area (Å²) in [5.41, 5.74) is 1.08. The third-order valence-electron chi connectivity index (χ3n) is 3.28. The molecule has 0 aromatic heterocycles. The average Bonchev–Trinajstić information content (AvgIpc) is 2.69. The topological polar surface area (TPSA) is 37.4 Å². The molecule has 3 rings (SSSR count). The molecular weight excluding hydrogens is 452 g/mol. The molecular formula is C15H8BrFINO2. The van der Waals surface area contributed by atoms with Gasteiger partial charge < -0.3 is 0 Å². The third kappa shape index (κ3) is 2.50. The van der Waals surface area contributed by atoms with E-state index in [9.17, 15) is 14.0 Å². The van der Waals surface area contributed by atoms with Crippen LogP contribution >= 0.6 is 38.5 Å². The number of benzene rings is 2. The van der Waals surface area contributed by atoms with Crippen molar-refractivity contribution in [2.24, 2.45) is 0 Å². The summed E-state index contributed by atoms with van der Waals surface area (Å²) >= 11 is 5.28. The second kappa shape index (κ2) is 5.49. The lowest BCUT2D eigenvalue weighted by Crippen LogP contribution is -2.29. The number of halogens is 3. The van der Waals surface area contributed by atoms with Crippen LogP contribution in [-0.4, -0.2) is 16.7 Å². The molecule has 0 fully saturated rings. The molecule has 0 unspecified atom stereocenters. The smallest absolute Gasteiger partial charge is 0.262 e. The monoisotopic (exact) mass is 459 g/mol. The molecule has 1 aliphatic heterocycles. The molecule has 106 valence electrons. The molecule has 1 aliphatic rings. The Bertz CT molecular complexity index is 778. The lowest BCUT2D eigenvalue weighted by atomic mass is 10.1. The summed E-state index contributed by atoms with van der Waals surface area (Å²) in [6.45, 7) is -0.0757. The molecule has 21 heavy (non-hydrogen) atoms. The van der Waals surface area contributed by atoms with Crippen LogP contribution in [0, 0.1) is 9.39 Å². The van der Waals surface area contributed by atoms with E-state index in [0.717, 1.165) is 8.47 Å². The van der Waals surface area contributed by atoms with Crippen LogP contribution in [0.1, 0.15) is 26.3 Å². The minimum absolute atomic E-state index is 0.0757. The first-order valence-electron chi connectivity index (χ1n) is 6.07. The molecule has 6 heteroatoms. The molecule has 0 spiro atoms. The van der Waals surface area contributed by atoms with Crippen molar-refractivity contribution in [3.63, 3.8) is 0 Å². The number of fused-ring (bicyclic) bond motifs is 1. The van der Waals surface area contributed by atoms with E-state index in [1.165, 1.54) is 6.07 Å². The molecule has 3 nitrogen and oxygen atoms in total. The maximum absolute atomic E-state index is 13.8. The number of hydrogen-bond acceptors (Lipinski definition) is 2. The van der Waals surface area contributed by atoms with Gasteiger partial charge in [0, 0.05) is 13.6 Å². The van der Waals surface area contributed by atoms with E-state index in [2.05, 4.69) is 15.9 Å². The van der Waals surface area contributed by atoms with Crippen LogP contribution in [0.15, 0.2) is 40.9 Å². The zero-order chi connectivity index (χ0) is 15.1. The van der Waals surface area contributed by atoms with E-state index in [0.29, 0.717) is 21.2 Å². The van der Waals surface area contributed by atoms with Gasteiger partial charge in [-0.25, -0.2) is 4.39 Å². The maximum atomic E-state index is 13.8. The zero-order valence-corrected chi connectivity index (χ0v) is 14.3. The fourth-order valence-electron chi connectivity index (χ4n) is 2.27. The summed E-state index contributed by atoms with van der Waals surface area (Å²) < 4.78 is 15.2. The Morgan fingerprint density at radius 2 is 1.90 bits per heavy atom. The summed E-state index contributed by atoms with van der Waals surface area (Å²) in [6, 6.07) is 9.58. The Balaban J connectivity index is 1.99. The van der Waals surface area contributed by atoms with Crippen LogP contribution < -0.4 is 0 Å². The lowest BCUT2D eigenvalue weighted by Gasteiger charge is -2.14. The highest BCUT2D eigenvalue weighted by Gasteiger charge is 2.37. The SMILES string of the molecule is O=C1c2cccc(I)c2C(=O)N1Cc1cc(Br)ccc1F. The molecule has 0 radical (unpaired) electrons. The molecule has 0 saturated heterocycles. The molecule has 0 bridgehead atoms. The van der Waals surface area contributed by atoms with Crippen LogP contribution in [0.2, 0.25) is 0 Å². The molecule has 1 heterocycles. The van der Waals surface area contributed by atoms with Gasteiger partial charge in [0.25, 0.3) is 11.8 Å². The molecule has 0 saturated carbocycles. The summed E-state index contributed by atoms with van der Waals surface area (Å²) in [5, 5.41) is 0. The quantitative estimate of drug-likeness (QED) is 0.503. The largest absolute Gasteiger partial charge is 0.270 e. The Morgan fingerprint density at radius 1 is 1.14 bits per heavy atom. The maximum Gasteiger partial charge on any atom is 0.262 e. The van der Waals surface area contributed by atoms with E-state index in [1.807, 2.05) is 22.6 Å². The van der Waals surface area contributed by atoms with Gasteiger partial charge in [0.2, 0.25) is 0 Å². The van der Waals surface area contributed by atoms with Crippen molar-refractivity contribution in [1.82, 2.24) is 4.90 Å². The summed E-state index contributed by atoms with van der Waals surface area (Å²) in [6.07, 6.45) is 0. The number of imide groups is 1. The number of amides is 2. The predicted octanol–water partition coefficient (Wildman–Crippen LogP) is 3.99. The number of hydrogen-bond donors (Lipinski definition) is 0. The Labute approximate surface area is 142 Å². The number of carbonyl (C=O) groups excluding carboxylic acids is 2. The molecule has 0 aliphatic carbocycles. The highest BCUT2D eigenvalue weighted by molar-refractivity contribution is 14.1. The van der Waals surface area contributed by atoms with Crippen molar-refractivity contribution in [2.45, 2.75) is 6.54 Å². The van der Waals surface area contributed by atoms with Gasteiger partial charge >= 0.3 is 0 Å². The van der Waals surface area contributed by atoms with E-state index < -0.39 is 5.82 Å². The molecule has 2 amide bonds. The van der Waals surface area contributed by atoms with Crippen molar-refractivity contribution in [3.05, 3.63) is 66.9 Å². The standard InChI is InChI=1S/C15H8BrFINO2/c16-9-4-5-11(17)8(6-9)7-19-14(20)10-2-1-3-12(18)13(10)15(19)21/h1-6H,7H2. The highest BCUT2D eigenvalue weighted by Crippen LogP contribution is 2.29. The van der Waals surface area contributed by atoms with Gasteiger partial charge in [-0.15, -0.1) is 0 Å². The molecule has 2 aromatic carbocycles. The number of nitrogens with zero attached hydrogens (tertiary/aromatic N) is 1. The zero-order valence-electron chi connectivity index (χ0n) is 10.6. The van der Waals surface area contributed by atoms with Crippen molar-refractivity contribution in [3.8, 4) is 0 Å². The third-order valence-corrected chi connectivity index (χ3v) is 4.68. The molecule has 0 N–H and O–H groups in total. The summed E-state index contributed by atoms with van der Waals surface area (Å²) in [5.74, 6) is -1.20. The summed E-state index contributed by atoms with van der Waals surface area (Å²) in [7, 11) is 0. The van der Waals surface area contributed by atoms with Gasteiger partial charge in [-0.1, -0.05) is 22.0 Å². The second-order valence-corrected chi connectivity index (χ2v) is 6.67. The molecule has 0 atom stereocenters. The molecule has 2 aromatic rings. The van der Waals surface area contributed by atoms with E-state index in [4.69, 9.17) is 0 Å². The van der Waals surface area contributed by atoms with Gasteiger partial charge in [-0.2, -0.15) is 0 Å². The first-order valence-corrected chi connectivity index (χ1v) is 7.95. The van der Waals surface area contributed by atoms with Gasteiger partial charge in [0.05, 0.1) is 17.7 Å². The van der Waals surface area contributed by atoms with Crippen LogP contribution in [0.25, 0.3) is 0 Å². The van der Waals surface area contributed by atoms with Gasteiger partial charge in [0.15, 0.2) is 0 Å². The first-order chi connectivity index (χ1) is 9.99.